The summed E-state index contributed by atoms with van der Waals surface area (Å²) in [6, 6.07) is 10.6. The topological polar surface area (TPSA) is 16.1 Å². The molecule has 0 saturated heterocycles. The summed E-state index contributed by atoms with van der Waals surface area (Å²) in [5.74, 6) is 0.0412. The average Bonchev–Trinajstić information content (AvgIpc) is 2.46. The molecule has 4 heteroatoms. The van der Waals surface area contributed by atoms with Crippen LogP contribution in [0.25, 0.3) is 0 Å². The van der Waals surface area contributed by atoms with Gasteiger partial charge in [-0.3, -0.25) is 4.98 Å². The number of hydrogen-bond donors (Lipinski definition) is 0. The molecule has 0 atom stereocenters. The van der Waals surface area contributed by atoms with Crippen molar-refractivity contribution in [2.24, 2.45) is 0 Å². The molecule has 0 radical (unpaired) electrons. The third kappa shape index (κ3) is 3.44. The maximum atomic E-state index is 13.2. The van der Waals surface area contributed by atoms with Gasteiger partial charge in [0.05, 0.1) is 12.2 Å². The van der Waals surface area contributed by atoms with Gasteiger partial charge >= 0.3 is 0 Å². The van der Waals surface area contributed by atoms with E-state index in [1.807, 2.05) is 18.2 Å². The van der Waals surface area contributed by atoms with Gasteiger partial charge in [0.25, 0.3) is 0 Å². The highest BCUT2D eigenvalue weighted by Crippen LogP contribution is 2.24. The van der Waals surface area contributed by atoms with E-state index in [1.165, 1.54) is 12.1 Å². The van der Waals surface area contributed by atoms with Gasteiger partial charge in [0.1, 0.15) is 5.82 Å². The molecular formula is C15H16ClFN2. The molecule has 0 saturated carbocycles. The van der Waals surface area contributed by atoms with Crippen LogP contribution < -0.4 is 4.90 Å². The van der Waals surface area contributed by atoms with Crippen LogP contribution in [0.1, 0.15) is 18.2 Å². The summed E-state index contributed by atoms with van der Waals surface area (Å²) in [5, 5.41) is 0. The molecule has 2 aromatic rings. The Balaban J connectivity index is 2.27. The van der Waals surface area contributed by atoms with E-state index >= 15 is 0 Å². The Bertz CT molecular complexity index is 531. The quantitative estimate of drug-likeness (QED) is 0.769. The second kappa shape index (κ2) is 6.53. The van der Waals surface area contributed by atoms with Crippen molar-refractivity contribution in [1.29, 1.82) is 0 Å². The molecule has 0 unspecified atom stereocenters. The maximum Gasteiger partial charge on any atom is 0.123 e. The van der Waals surface area contributed by atoms with Gasteiger partial charge in [-0.05, 0) is 42.8 Å². The van der Waals surface area contributed by atoms with E-state index in [2.05, 4.69) is 16.8 Å². The second-order valence-electron chi connectivity index (χ2n) is 4.24. The summed E-state index contributed by atoms with van der Waals surface area (Å²) in [4.78, 5) is 6.45. The van der Waals surface area contributed by atoms with Gasteiger partial charge < -0.3 is 4.90 Å². The zero-order valence-electron chi connectivity index (χ0n) is 10.8. The molecule has 0 bridgehead atoms. The lowest BCUT2D eigenvalue weighted by Gasteiger charge is -2.25. The molecular weight excluding hydrogens is 263 g/mol. The van der Waals surface area contributed by atoms with Crippen molar-refractivity contribution in [3.63, 3.8) is 0 Å². The lowest BCUT2D eigenvalue weighted by Crippen LogP contribution is -2.23. The number of nitrogens with zero attached hydrogens (tertiary/aromatic N) is 2. The van der Waals surface area contributed by atoms with Crippen molar-refractivity contribution in [1.82, 2.24) is 4.98 Å². The molecule has 1 heterocycles. The number of rotatable bonds is 5. The Hall–Kier alpha value is -1.61. The zero-order chi connectivity index (χ0) is 13.7. The first-order chi connectivity index (χ1) is 9.24. The maximum absolute atomic E-state index is 13.2. The van der Waals surface area contributed by atoms with Crippen molar-refractivity contribution >= 4 is 17.3 Å². The number of hydrogen-bond acceptors (Lipinski definition) is 2. The molecule has 100 valence electrons. The van der Waals surface area contributed by atoms with E-state index in [0.29, 0.717) is 12.4 Å². The molecule has 1 aromatic carbocycles. The average molecular weight is 279 g/mol. The molecule has 2 nitrogen and oxygen atoms in total. The summed E-state index contributed by atoms with van der Waals surface area (Å²) in [7, 11) is 0. The van der Waals surface area contributed by atoms with Gasteiger partial charge in [-0.1, -0.05) is 6.07 Å². The summed E-state index contributed by atoms with van der Waals surface area (Å²) in [6.45, 7) is 3.56. The van der Waals surface area contributed by atoms with E-state index in [1.54, 1.807) is 12.3 Å². The monoisotopic (exact) mass is 278 g/mol. The van der Waals surface area contributed by atoms with E-state index in [-0.39, 0.29) is 5.82 Å². The predicted octanol–water partition coefficient (Wildman–Crippen LogP) is 3.99. The van der Waals surface area contributed by atoms with E-state index in [4.69, 9.17) is 11.6 Å². The van der Waals surface area contributed by atoms with Crippen molar-refractivity contribution in [2.45, 2.75) is 19.3 Å². The fourth-order valence-corrected chi connectivity index (χ4v) is 2.24. The molecule has 0 amide bonds. The fourth-order valence-electron chi connectivity index (χ4n) is 2.02. The number of anilines is 1. The molecule has 0 fully saturated rings. The van der Waals surface area contributed by atoms with Crippen molar-refractivity contribution < 1.29 is 4.39 Å². The first-order valence-corrected chi connectivity index (χ1v) is 6.77. The van der Waals surface area contributed by atoms with Crippen LogP contribution in [0.3, 0.4) is 0 Å². The van der Waals surface area contributed by atoms with E-state index < -0.39 is 0 Å². The molecule has 2 rings (SSSR count). The van der Waals surface area contributed by atoms with Crippen LogP contribution in [0.15, 0.2) is 42.6 Å². The number of halogens is 2. The molecule has 0 spiro atoms. The summed E-state index contributed by atoms with van der Waals surface area (Å²) in [5.41, 5.74) is 2.75. The third-order valence-electron chi connectivity index (χ3n) is 2.99. The minimum Gasteiger partial charge on any atom is -0.366 e. The highest BCUT2D eigenvalue weighted by Gasteiger charge is 2.11. The second-order valence-corrected chi connectivity index (χ2v) is 4.51. The normalized spacial score (nSPS) is 10.5. The van der Waals surface area contributed by atoms with Crippen molar-refractivity contribution in [2.75, 3.05) is 11.4 Å². The van der Waals surface area contributed by atoms with Crippen LogP contribution in [0.5, 0.6) is 0 Å². The van der Waals surface area contributed by atoms with Gasteiger partial charge in [-0.15, -0.1) is 11.6 Å². The first kappa shape index (κ1) is 13.8. The molecule has 1 aromatic heterocycles. The lowest BCUT2D eigenvalue weighted by atomic mass is 10.1. The highest BCUT2D eigenvalue weighted by atomic mass is 35.5. The Kier molecular flexibility index (Phi) is 4.74. The van der Waals surface area contributed by atoms with Gasteiger partial charge in [-0.2, -0.15) is 0 Å². The van der Waals surface area contributed by atoms with Crippen LogP contribution >= 0.6 is 11.6 Å². The van der Waals surface area contributed by atoms with E-state index in [9.17, 15) is 4.39 Å². The first-order valence-electron chi connectivity index (χ1n) is 6.24. The van der Waals surface area contributed by atoms with Crippen molar-refractivity contribution in [3.05, 3.63) is 59.7 Å². The van der Waals surface area contributed by atoms with Crippen LogP contribution in [-0.2, 0) is 12.4 Å². The van der Waals surface area contributed by atoms with Crippen molar-refractivity contribution in [3.8, 4) is 0 Å². The zero-order valence-corrected chi connectivity index (χ0v) is 11.6. The standard InChI is InChI=1S/C15H16ClFN2/c1-2-19(11-14-5-3-4-8-18-14)15-7-6-13(17)9-12(15)10-16/h3-9H,2,10-11H2,1H3. The minimum absolute atomic E-state index is 0.256. The Labute approximate surface area is 117 Å². The minimum atomic E-state index is -0.256. The van der Waals surface area contributed by atoms with E-state index in [0.717, 1.165) is 23.5 Å². The number of pyridine rings is 1. The third-order valence-corrected chi connectivity index (χ3v) is 3.27. The van der Waals surface area contributed by atoms with Crippen LogP contribution in [0.2, 0.25) is 0 Å². The molecule has 0 aliphatic rings. The number of alkyl halides is 1. The van der Waals surface area contributed by atoms with Gasteiger partial charge in [0.2, 0.25) is 0 Å². The number of benzene rings is 1. The smallest absolute Gasteiger partial charge is 0.123 e. The van der Waals surface area contributed by atoms with Gasteiger partial charge in [0, 0.05) is 24.3 Å². The van der Waals surface area contributed by atoms with Gasteiger partial charge in [0.15, 0.2) is 0 Å². The Morgan fingerprint density at radius 2 is 2.11 bits per heavy atom. The fraction of sp³-hybridized carbons (Fsp3) is 0.267. The summed E-state index contributed by atoms with van der Waals surface area (Å²) < 4.78 is 13.2. The van der Waals surface area contributed by atoms with Crippen LogP contribution in [0.4, 0.5) is 10.1 Å². The van der Waals surface area contributed by atoms with Crippen LogP contribution in [-0.4, -0.2) is 11.5 Å². The SMILES string of the molecule is CCN(Cc1ccccn1)c1ccc(F)cc1CCl. The highest BCUT2D eigenvalue weighted by molar-refractivity contribution is 6.17. The van der Waals surface area contributed by atoms with Crippen LogP contribution in [0, 0.1) is 5.82 Å². The molecule has 0 N–H and O–H groups in total. The molecule has 0 aliphatic carbocycles. The molecule has 0 aliphatic heterocycles. The Morgan fingerprint density at radius 3 is 2.74 bits per heavy atom. The predicted molar refractivity (Wildman–Crippen MR) is 76.9 cm³/mol. The van der Waals surface area contributed by atoms with Gasteiger partial charge in [-0.25, -0.2) is 4.39 Å². The summed E-state index contributed by atoms with van der Waals surface area (Å²) >= 11 is 5.90. The summed E-state index contributed by atoms with van der Waals surface area (Å²) in [6.07, 6.45) is 1.77. The largest absolute Gasteiger partial charge is 0.366 e. The lowest BCUT2D eigenvalue weighted by molar-refractivity contribution is 0.625. The molecule has 19 heavy (non-hydrogen) atoms. The Morgan fingerprint density at radius 1 is 1.26 bits per heavy atom. The number of aromatic nitrogens is 1.